The van der Waals surface area contributed by atoms with Crippen LogP contribution in [0.15, 0.2) is 40.3 Å². The van der Waals surface area contributed by atoms with E-state index in [-0.39, 0.29) is 12.5 Å². The van der Waals surface area contributed by atoms with Crippen LogP contribution < -0.4 is 5.32 Å². The summed E-state index contributed by atoms with van der Waals surface area (Å²) < 4.78 is 9.09. The van der Waals surface area contributed by atoms with Crippen LogP contribution >= 0.6 is 22.9 Å². The van der Waals surface area contributed by atoms with Crippen LogP contribution in [0.1, 0.15) is 26.0 Å². The van der Waals surface area contributed by atoms with Gasteiger partial charge in [-0.15, -0.1) is 16.4 Å². The van der Waals surface area contributed by atoms with Crippen molar-refractivity contribution in [3.8, 4) is 0 Å². The van der Waals surface area contributed by atoms with E-state index in [1.165, 1.54) is 17.6 Å². The van der Waals surface area contributed by atoms with Gasteiger partial charge in [0, 0.05) is 4.88 Å². The monoisotopic (exact) mass is 335 g/mol. The fraction of sp³-hybridized carbons (Fsp3) is 0.214. The summed E-state index contributed by atoms with van der Waals surface area (Å²) in [7, 11) is 0. The van der Waals surface area contributed by atoms with Crippen molar-refractivity contribution in [2.75, 3.05) is 6.54 Å². The first kappa shape index (κ1) is 14.9. The molecule has 1 unspecified atom stereocenters. The zero-order valence-corrected chi connectivity index (χ0v) is 13.3. The predicted octanol–water partition coefficient (Wildman–Crippen LogP) is 2.17. The number of furan rings is 1. The molecule has 3 aromatic heterocycles. The van der Waals surface area contributed by atoms with Crippen molar-refractivity contribution in [2.45, 2.75) is 12.5 Å². The summed E-state index contributed by atoms with van der Waals surface area (Å²) >= 11 is 2.42. The van der Waals surface area contributed by atoms with Crippen molar-refractivity contribution in [1.82, 2.24) is 14.9 Å². The lowest BCUT2D eigenvalue weighted by molar-refractivity contribution is 0.0555. The highest BCUT2D eigenvalue weighted by atomic mass is 32.1. The largest absolute Gasteiger partial charge is 0.466 e. The summed E-state index contributed by atoms with van der Waals surface area (Å²) in [6, 6.07) is 7.03. The van der Waals surface area contributed by atoms with Crippen LogP contribution in [0.25, 0.3) is 0 Å². The summed E-state index contributed by atoms with van der Waals surface area (Å²) in [6.45, 7) is 1.72. The molecular weight excluding hydrogens is 322 g/mol. The number of nitrogens with zero attached hydrogens (tertiary/aromatic N) is 2. The Kier molecular flexibility index (Phi) is 4.06. The summed E-state index contributed by atoms with van der Waals surface area (Å²) in [5.74, 6) is 0.0726. The smallest absolute Gasteiger partial charge is 0.265 e. The second kappa shape index (κ2) is 5.99. The van der Waals surface area contributed by atoms with Gasteiger partial charge < -0.3 is 14.8 Å². The van der Waals surface area contributed by atoms with Crippen molar-refractivity contribution < 1.29 is 14.3 Å². The number of hydrogen-bond donors (Lipinski definition) is 2. The van der Waals surface area contributed by atoms with Gasteiger partial charge in [-0.25, -0.2) is 0 Å². The quantitative estimate of drug-likeness (QED) is 0.746. The molecule has 0 aliphatic heterocycles. The minimum Gasteiger partial charge on any atom is -0.466 e. The van der Waals surface area contributed by atoms with Gasteiger partial charge >= 0.3 is 0 Å². The fourth-order valence-corrected chi connectivity index (χ4v) is 3.45. The normalized spacial score (nSPS) is 13.7. The highest BCUT2D eigenvalue weighted by molar-refractivity contribution is 7.10. The molecule has 1 atom stereocenters. The summed E-state index contributed by atoms with van der Waals surface area (Å²) in [5, 5.41) is 19.4. The highest BCUT2D eigenvalue weighted by Gasteiger charge is 2.36. The molecule has 0 radical (unpaired) electrons. The Bertz CT molecular complexity index is 716. The number of rotatable bonds is 5. The van der Waals surface area contributed by atoms with E-state index < -0.39 is 5.60 Å². The third kappa shape index (κ3) is 2.68. The van der Waals surface area contributed by atoms with Gasteiger partial charge in [0.25, 0.3) is 5.91 Å². The Morgan fingerprint density at radius 3 is 2.91 bits per heavy atom. The molecule has 22 heavy (non-hydrogen) atoms. The Morgan fingerprint density at radius 2 is 2.32 bits per heavy atom. The summed E-state index contributed by atoms with van der Waals surface area (Å²) in [5.41, 5.74) is -0.834. The minimum absolute atomic E-state index is 0.00278. The fourth-order valence-electron chi connectivity index (χ4n) is 2.05. The molecule has 1 amide bonds. The van der Waals surface area contributed by atoms with Crippen LogP contribution in [0.4, 0.5) is 0 Å². The lowest BCUT2D eigenvalue weighted by atomic mass is 9.98. The number of nitrogens with one attached hydrogen (secondary N) is 1. The second-order valence-corrected chi connectivity index (χ2v) is 6.39. The van der Waals surface area contributed by atoms with Gasteiger partial charge in [-0.1, -0.05) is 10.6 Å². The molecule has 114 valence electrons. The molecule has 0 saturated carbocycles. The molecule has 3 aromatic rings. The number of aliphatic hydroxyl groups is 1. The molecule has 0 spiro atoms. The van der Waals surface area contributed by atoms with E-state index in [9.17, 15) is 9.90 Å². The van der Waals surface area contributed by atoms with E-state index in [1.54, 1.807) is 25.1 Å². The van der Waals surface area contributed by atoms with Gasteiger partial charge in [0.1, 0.15) is 10.6 Å². The van der Waals surface area contributed by atoms with Crippen LogP contribution in [0, 0.1) is 6.92 Å². The van der Waals surface area contributed by atoms with Crippen molar-refractivity contribution >= 4 is 28.8 Å². The maximum absolute atomic E-state index is 12.2. The van der Waals surface area contributed by atoms with Gasteiger partial charge in [0.05, 0.1) is 18.5 Å². The standard InChI is InChI=1S/C14H13N3O3S2/c1-9-12(22-17-16-9)13(18)15-8-14(19,10-4-2-6-20-10)11-5-3-7-21-11/h2-7,19H,8H2,1H3,(H,15,18). The first-order valence-corrected chi connectivity index (χ1v) is 8.14. The van der Waals surface area contributed by atoms with Crippen LogP contribution in [-0.2, 0) is 5.60 Å². The topological polar surface area (TPSA) is 88.2 Å². The van der Waals surface area contributed by atoms with Crippen LogP contribution in [-0.4, -0.2) is 27.1 Å². The van der Waals surface area contributed by atoms with Crippen LogP contribution in [0.5, 0.6) is 0 Å². The van der Waals surface area contributed by atoms with Crippen molar-refractivity contribution in [3.63, 3.8) is 0 Å². The van der Waals surface area contributed by atoms with Gasteiger partial charge in [-0.05, 0) is 42.0 Å². The molecule has 6 nitrogen and oxygen atoms in total. The van der Waals surface area contributed by atoms with E-state index >= 15 is 0 Å². The zero-order valence-electron chi connectivity index (χ0n) is 11.6. The number of aromatic nitrogens is 2. The van der Waals surface area contributed by atoms with Crippen molar-refractivity contribution in [1.29, 1.82) is 0 Å². The number of carbonyl (C=O) groups is 1. The molecule has 0 bridgehead atoms. The molecule has 0 aromatic carbocycles. The first-order chi connectivity index (χ1) is 10.6. The Morgan fingerprint density at radius 1 is 1.45 bits per heavy atom. The molecule has 3 rings (SSSR count). The summed E-state index contributed by atoms with van der Waals surface area (Å²) in [4.78, 5) is 13.3. The average Bonchev–Trinajstić information content (AvgIpc) is 3.24. The van der Waals surface area contributed by atoms with Gasteiger partial charge in [0.2, 0.25) is 0 Å². The lowest BCUT2D eigenvalue weighted by Crippen LogP contribution is -2.40. The Balaban J connectivity index is 1.83. The molecule has 3 heterocycles. The van der Waals surface area contributed by atoms with Crippen LogP contribution in [0.2, 0.25) is 0 Å². The zero-order chi connectivity index (χ0) is 15.6. The van der Waals surface area contributed by atoms with E-state index in [0.29, 0.717) is 21.2 Å². The molecule has 0 aliphatic rings. The van der Waals surface area contributed by atoms with E-state index in [1.807, 2.05) is 11.4 Å². The van der Waals surface area contributed by atoms with Crippen LogP contribution in [0.3, 0.4) is 0 Å². The van der Waals surface area contributed by atoms with Gasteiger partial charge in [0.15, 0.2) is 5.60 Å². The number of hydrogen-bond acceptors (Lipinski definition) is 7. The SMILES string of the molecule is Cc1nnsc1C(=O)NCC(O)(c1ccco1)c1cccs1. The Labute approximate surface area is 134 Å². The molecule has 2 N–H and O–H groups in total. The third-order valence-electron chi connectivity index (χ3n) is 3.22. The van der Waals surface area contributed by atoms with Crippen molar-refractivity contribution in [3.05, 3.63) is 57.1 Å². The summed E-state index contributed by atoms with van der Waals surface area (Å²) in [6.07, 6.45) is 1.49. The van der Waals surface area contributed by atoms with E-state index in [2.05, 4.69) is 14.9 Å². The molecule has 0 fully saturated rings. The maximum Gasteiger partial charge on any atom is 0.265 e. The molecule has 0 saturated heterocycles. The van der Waals surface area contributed by atoms with Gasteiger partial charge in [-0.2, -0.15) is 0 Å². The van der Waals surface area contributed by atoms with Crippen molar-refractivity contribution in [2.24, 2.45) is 0 Å². The minimum atomic E-state index is -1.40. The highest BCUT2D eigenvalue weighted by Crippen LogP contribution is 2.32. The first-order valence-electron chi connectivity index (χ1n) is 6.49. The second-order valence-electron chi connectivity index (χ2n) is 4.69. The number of carbonyl (C=O) groups excluding carboxylic acids is 1. The lowest BCUT2D eigenvalue weighted by Gasteiger charge is -2.25. The van der Waals surface area contributed by atoms with Gasteiger partial charge in [-0.3, -0.25) is 4.79 Å². The number of thiophene rings is 1. The molecular formula is C14H13N3O3S2. The predicted molar refractivity (Wildman–Crippen MR) is 83.0 cm³/mol. The number of amides is 1. The third-order valence-corrected chi connectivity index (χ3v) is 5.07. The maximum atomic E-state index is 12.2. The average molecular weight is 335 g/mol. The number of aryl methyl sites for hydroxylation is 1. The van der Waals surface area contributed by atoms with E-state index in [0.717, 1.165) is 11.5 Å². The molecule has 8 heteroatoms. The molecule has 0 aliphatic carbocycles. The Hall–Kier alpha value is -2.03. The van der Waals surface area contributed by atoms with E-state index in [4.69, 9.17) is 4.42 Å².